The van der Waals surface area contributed by atoms with E-state index in [4.69, 9.17) is 4.74 Å². The fraction of sp³-hybridized carbons (Fsp3) is 0.385. The third-order valence-corrected chi connectivity index (χ3v) is 2.83. The molecule has 0 bridgehead atoms. The van der Waals surface area contributed by atoms with Gasteiger partial charge >= 0.3 is 0 Å². The van der Waals surface area contributed by atoms with Crippen LogP contribution in [0.5, 0.6) is 5.75 Å². The minimum Gasteiger partial charge on any atom is -0.508 e. The van der Waals surface area contributed by atoms with Crippen LogP contribution in [0.4, 0.5) is 0 Å². The highest BCUT2D eigenvalue weighted by atomic mass is 16.5. The highest BCUT2D eigenvalue weighted by Gasteiger charge is 2.18. The van der Waals surface area contributed by atoms with Gasteiger partial charge in [-0.3, -0.25) is 0 Å². The molecule has 1 aromatic carbocycles. The Bertz CT molecular complexity index is 369. The molecule has 0 aliphatic carbocycles. The van der Waals surface area contributed by atoms with Crippen molar-refractivity contribution in [3.8, 4) is 5.75 Å². The predicted octanol–water partition coefficient (Wildman–Crippen LogP) is 3.19. The van der Waals surface area contributed by atoms with E-state index in [-0.39, 0.29) is 6.10 Å². The molecule has 0 spiro atoms. The van der Waals surface area contributed by atoms with Crippen molar-refractivity contribution in [1.82, 2.24) is 0 Å². The second-order valence-corrected chi connectivity index (χ2v) is 3.81. The summed E-state index contributed by atoms with van der Waals surface area (Å²) in [5, 5.41) is 9.69. The number of hydrogen-bond donors (Lipinski definition) is 1. The van der Waals surface area contributed by atoms with E-state index in [2.05, 4.69) is 13.0 Å². The number of hydrogen-bond acceptors (Lipinski definition) is 2. The Morgan fingerprint density at radius 3 is 2.80 bits per heavy atom. The fourth-order valence-corrected chi connectivity index (χ4v) is 1.83. The Morgan fingerprint density at radius 1 is 1.40 bits per heavy atom. The highest BCUT2D eigenvalue weighted by molar-refractivity contribution is 5.34. The van der Waals surface area contributed by atoms with Crippen molar-refractivity contribution in [3.05, 3.63) is 41.5 Å². The van der Waals surface area contributed by atoms with Crippen molar-refractivity contribution in [1.29, 1.82) is 0 Å². The lowest BCUT2D eigenvalue weighted by Gasteiger charge is -2.23. The Morgan fingerprint density at radius 2 is 2.20 bits per heavy atom. The Hall–Kier alpha value is -1.28. The van der Waals surface area contributed by atoms with Gasteiger partial charge in [0.1, 0.15) is 5.75 Å². The van der Waals surface area contributed by atoms with Crippen LogP contribution in [0.1, 0.15) is 31.4 Å². The van der Waals surface area contributed by atoms with E-state index < -0.39 is 0 Å². The molecule has 2 heteroatoms. The van der Waals surface area contributed by atoms with Gasteiger partial charge in [-0.05, 0) is 24.5 Å². The summed E-state index contributed by atoms with van der Waals surface area (Å²) in [4.78, 5) is 0. The van der Waals surface area contributed by atoms with Gasteiger partial charge in [-0.1, -0.05) is 31.2 Å². The number of phenols is 1. The van der Waals surface area contributed by atoms with E-state index >= 15 is 0 Å². The van der Waals surface area contributed by atoms with Gasteiger partial charge in [0.25, 0.3) is 0 Å². The molecule has 2 nitrogen and oxygen atoms in total. The van der Waals surface area contributed by atoms with Crippen LogP contribution in [0.25, 0.3) is 0 Å². The molecule has 0 radical (unpaired) electrons. The number of ether oxygens (including phenoxy) is 1. The molecule has 0 amide bonds. The zero-order chi connectivity index (χ0) is 10.7. The minimum absolute atomic E-state index is 0.0153. The first kappa shape index (κ1) is 10.2. The lowest BCUT2D eigenvalue weighted by Crippen LogP contribution is -2.11. The van der Waals surface area contributed by atoms with E-state index in [0.29, 0.717) is 12.4 Å². The van der Waals surface area contributed by atoms with Crippen molar-refractivity contribution in [2.75, 3.05) is 6.61 Å². The molecule has 1 N–H and O–H groups in total. The van der Waals surface area contributed by atoms with E-state index in [1.165, 1.54) is 5.57 Å². The van der Waals surface area contributed by atoms with Gasteiger partial charge in [-0.25, -0.2) is 0 Å². The first-order valence-electron chi connectivity index (χ1n) is 5.38. The van der Waals surface area contributed by atoms with E-state index in [0.717, 1.165) is 18.4 Å². The Kier molecular flexibility index (Phi) is 3.07. The molecule has 0 saturated carbocycles. The van der Waals surface area contributed by atoms with Gasteiger partial charge < -0.3 is 9.84 Å². The van der Waals surface area contributed by atoms with Crippen molar-refractivity contribution < 1.29 is 9.84 Å². The molecule has 0 saturated heterocycles. The molecular formula is C13H16O2. The molecule has 1 unspecified atom stereocenters. The lowest BCUT2D eigenvalue weighted by molar-refractivity contribution is 0.0586. The topological polar surface area (TPSA) is 29.5 Å². The summed E-state index contributed by atoms with van der Waals surface area (Å²) in [6.07, 6.45) is 4.15. The van der Waals surface area contributed by atoms with Gasteiger partial charge in [-0.15, -0.1) is 0 Å². The predicted molar refractivity (Wildman–Crippen MR) is 59.8 cm³/mol. The smallest absolute Gasteiger partial charge is 0.121 e. The van der Waals surface area contributed by atoms with Crippen LogP contribution in [-0.2, 0) is 4.74 Å². The number of para-hydroxylation sites is 1. The van der Waals surface area contributed by atoms with Gasteiger partial charge in [0.05, 0.1) is 12.7 Å². The standard InChI is InChI=1S/C13H16O2/c1-2-10-7-8-13(15-9-10)11-5-3-4-6-12(11)14/h3-7,13-14H,2,8-9H2,1H3. The summed E-state index contributed by atoms with van der Waals surface area (Å²) in [6.45, 7) is 2.82. The normalized spacial score (nSPS) is 21.1. The average molecular weight is 204 g/mol. The Labute approximate surface area is 90.2 Å². The fourth-order valence-electron chi connectivity index (χ4n) is 1.83. The first-order chi connectivity index (χ1) is 7.31. The first-order valence-corrected chi connectivity index (χ1v) is 5.38. The number of phenolic OH excluding ortho intramolecular Hbond substituents is 1. The maximum absolute atomic E-state index is 9.69. The van der Waals surface area contributed by atoms with E-state index in [1.54, 1.807) is 6.07 Å². The van der Waals surface area contributed by atoms with Gasteiger partial charge in [0, 0.05) is 5.56 Å². The summed E-state index contributed by atoms with van der Waals surface area (Å²) in [6, 6.07) is 7.38. The summed E-state index contributed by atoms with van der Waals surface area (Å²) >= 11 is 0. The monoisotopic (exact) mass is 204 g/mol. The Balaban J connectivity index is 2.14. The molecular weight excluding hydrogens is 188 g/mol. The molecule has 1 heterocycles. The minimum atomic E-state index is 0.0153. The quantitative estimate of drug-likeness (QED) is 0.750. The molecule has 2 rings (SSSR count). The lowest BCUT2D eigenvalue weighted by atomic mass is 10.0. The molecule has 1 aliphatic rings. The van der Waals surface area contributed by atoms with Crippen LogP contribution in [0.15, 0.2) is 35.9 Å². The average Bonchev–Trinajstić information content (AvgIpc) is 2.30. The van der Waals surface area contributed by atoms with Gasteiger partial charge in [-0.2, -0.15) is 0 Å². The largest absolute Gasteiger partial charge is 0.508 e. The van der Waals surface area contributed by atoms with Gasteiger partial charge in [0.2, 0.25) is 0 Å². The van der Waals surface area contributed by atoms with Crippen molar-refractivity contribution >= 4 is 0 Å². The van der Waals surface area contributed by atoms with Crippen LogP contribution in [0, 0.1) is 0 Å². The highest BCUT2D eigenvalue weighted by Crippen LogP contribution is 2.32. The number of aromatic hydroxyl groups is 1. The van der Waals surface area contributed by atoms with Crippen LogP contribution in [0.3, 0.4) is 0 Å². The van der Waals surface area contributed by atoms with Crippen LogP contribution < -0.4 is 0 Å². The maximum atomic E-state index is 9.69. The summed E-state index contributed by atoms with van der Waals surface area (Å²) in [5.41, 5.74) is 2.24. The van der Waals surface area contributed by atoms with E-state index in [1.807, 2.05) is 18.2 Å². The molecule has 0 aromatic heterocycles. The van der Waals surface area contributed by atoms with Crippen LogP contribution in [0.2, 0.25) is 0 Å². The van der Waals surface area contributed by atoms with Crippen LogP contribution >= 0.6 is 0 Å². The second-order valence-electron chi connectivity index (χ2n) is 3.81. The maximum Gasteiger partial charge on any atom is 0.121 e. The van der Waals surface area contributed by atoms with Crippen molar-refractivity contribution in [2.45, 2.75) is 25.9 Å². The summed E-state index contributed by atoms with van der Waals surface area (Å²) in [5.74, 6) is 0.329. The number of benzene rings is 1. The molecule has 80 valence electrons. The zero-order valence-corrected chi connectivity index (χ0v) is 8.94. The molecule has 1 aliphatic heterocycles. The number of rotatable bonds is 2. The third kappa shape index (κ3) is 2.21. The summed E-state index contributed by atoms with van der Waals surface area (Å²) < 4.78 is 5.72. The van der Waals surface area contributed by atoms with E-state index in [9.17, 15) is 5.11 Å². The van der Waals surface area contributed by atoms with Crippen molar-refractivity contribution in [2.24, 2.45) is 0 Å². The molecule has 0 fully saturated rings. The molecule has 1 atom stereocenters. The van der Waals surface area contributed by atoms with Crippen molar-refractivity contribution in [3.63, 3.8) is 0 Å². The second kappa shape index (κ2) is 4.49. The van der Waals surface area contributed by atoms with Gasteiger partial charge in [0.15, 0.2) is 0 Å². The molecule has 15 heavy (non-hydrogen) atoms. The van der Waals surface area contributed by atoms with Crippen LogP contribution in [-0.4, -0.2) is 11.7 Å². The third-order valence-electron chi connectivity index (χ3n) is 2.83. The zero-order valence-electron chi connectivity index (χ0n) is 8.94. The summed E-state index contributed by atoms with van der Waals surface area (Å²) in [7, 11) is 0. The molecule has 1 aromatic rings. The SMILES string of the molecule is CCC1=CCC(c2ccccc2O)OC1.